The Kier molecular flexibility index (Phi) is 6.18. The Bertz CT molecular complexity index is 1220. The predicted octanol–water partition coefficient (Wildman–Crippen LogP) is 3.01. The minimum Gasteiger partial charge on any atom is -0.467 e. The van der Waals surface area contributed by atoms with Crippen molar-refractivity contribution in [3.63, 3.8) is 0 Å². The molecule has 0 saturated carbocycles. The minimum absolute atomic E-state index is 0.0203. The molecule has 10 nitrogen and oxygen atoms in total. The molecule has 1 aliphatic heterocycles. The number of nitrogens with one attached hydrogen (secondary N) is 1. The van der Waals surface area contributed by atoms with Crippen LogP contribution in [0.5, 0.6) is 5.88 Å². The number of hydrogen-bond acceptors (Lipinski definition) is 8. The van der Waals surface area contributed by atoms with Gasteiger partial charge in [0.2, 0.25) is 11.8 Å². The van der Waals surface area contributed by atoms with Crippen LogP contribution in [0.15, 0.2) is 35.4 Å². The van der Waals surface area contributed by atoms with Gasteiger partial charge in [0, 0.05) is 22.9 Å². The number of carbonyl (C=O) groups is 2. The van der Waals surface area contributed by atoms with Crippen LogP contribution < -0.4 is 10.1 Å². The molecule has 0 fully saturated rings. The second kappa shape index (κ2) is 9.08. The lowest BCUT2D eigenvalue weighted by Crippen LogP contribution is -2.28. The second-order valence-corrected chi connectivity index (χ2v) is 7.66. The molecule has 2 amide bonds. The van der Waals surface area contributed by atoms with Crippen LogP contribution >= 0.6 is 0 Å². The van der Waals surface area contributed by atoms with Gasteiger partial charge in [-0.15, -0.1) is 10.2 Å². The van der Waals surface area contributed by atoms with E-state index in [9.17, 15) is 22.8 Å². The average molecular weight is 476 g/mol. The smallest absolute Gasteiger partial charge is 0.422 e. The summed E-state index contributed by atoms with van der Waals surface area (Å²) in [5.41, 5.74) is 2.11. The zero-order valence-electron chi connectivity index (χ0n) is 18.1. The van der Waals surface area contributed by atoms with Crippen molar-refractivity contribution < 1.29 is 31.9 Å². The Morgan fingerprint density at radius 3 is 2.79 bits per heavy atom. The van der Waals surface area contributed by atoms with E-state index in [4.69, 9.17) is 4.42 Å². The summed E-state index contributed by atoms with van der Waals surface area (Å²) in [4.78, 5) is 35.0. The summed E-state index contributed by atoms with van der Waals surface area (Å²) in [6.07, 6.45) is -0.513. The van der Waals surface area contributed by atoms with Crippen LogP contribution in [-0.4, -0.2) is 49.7 Å². The fourth-order valence-electron chi connectivity index (χ4n) is 3.49. The first kappa shape index (κ1) is 23.1. The fraction of sp³-hybridized carbons (Fsp3) is 0.333. The number of oxazole rings is 1. The van der Waals surface area contributed by atoms with Crippen molar-refractivity contribution in [3.8, 4) is 5.88 Å². The van der Waals surface area contributed by atoms with Crippen molar-refractivity contribution in [2.45, 2.75) is 39.0 Å². The molecule has 1 atom stereocenters. The van der Waals surface area contributed by atoms with Gasteiger partial charge in [0.25, 0.3) is 5.91 Å². The molecule has 1 N–H and O–H groups in total. The van der Waals surface area contributed by atoms with Crippen LogP contribution in [-0.2, 0) is 17.8 Å². The van der Waals surface area contributed by atoms with E-state index < -0.39 is 18.8 Å². The Labute approximate surface area is 191 Å². The molecule has 34 heavy (non-hydrogen) atoms. The zero-order chi connectivity index (χ0) is 24.5. The highest BCUT2D eigenvalue weighted by atomic mass is 19.4. The van der Waals surface area contributed by atoms with Gasteiger partial charge in [-0.3, -0.25) is 9.59 Å². The molecule has 1 unspecified atom stereocenters. The number of hydrogen-bond donors (Lipinski definition) is 1. The Hall–Kier alpha value is -4.03. The van der Waals surface area contributed by atoms with Crippen molar-refractivity contribution in [2.24, 2.45) is 0 Å². The number of rotatable bonds is 7. The number of halogens is 3. The lowest BCUT2D eigenvalue weighted by molar-refractivity contribution is -0.154. The average Bonchev–Trinajstić information content (AvgIpc) is 3.40. The molecule has 0 bridgehead atoms. The number of ether oxygens (including phenoxy) is 1. The number of pyridine rings is 1. The van der Waals surface area contributed by atoms with Crippen molar-refractivity contribution in [1.29, 1.82) is 0 Å². The maximum Gasteiger partial charge on any atom is 0.422 e. The van der Waals surface area contributed by atoms with Gasteiger partial charge in [0.1, 0.15) is 12.1 Å². The van der Waals surface area contributed by atoms with Gasteiger partial charge in [-0.25, -0.2) is 9.97 Å². The van der Waals surface area contributed by atoms with E-state index in [1.54, 1.807) is 19.9 Å². The lowest BCUT2D eigenvalue weighted by atomic mass is 10.1. The third-order valence-corrected chi connectivity index (χ3v) is 5.18. The summed E-state index contributed by atoms with van der Waals surface area (Å²) in [5.74, 6) is -0.642. The molecule has 0 radical (unpaired) electrons. The Balaban J connectivity index is 1.49. The van der Waals surface area contributed by atoms with Crippen LogP contribution in [0.4, 0.5) is 19.0 Å². The van der Waals surface area contributed by atoms with Crippen molar-refractivity contribution in [3.05, 3.63) is 59.1 Å². The molecule has 3 aromatic rings. The zero-order valence-corrected chi connectivity index (χ0v) is 18.1. The van der Waals surface area contributed by atoms with E-state index in [1.807, 2.05) is 0 Å². The Morgan fingerprint density at radius 2 is 2.12 bits per heavy atom. The quantitative estimate of drug-likeness (QED) is 0.552. The number of aromatic nitrogens is 4. The number of amides is 2. The van der Waals surface area contributed by atoms with E-state index >= 15 is 0 Å². The monoisotopic (exact) mass is 476 g/mol. The number of fused-ring (bicyclic) bond motifs is 1. The van der Waals surface area contributed by atoms with Gasteiger partial charge in [0.15, 0.2) is 13.0 Å². The third kappa shape index (κ3) is 4.97. The number of carbonyl (C=O) groups excluding carboxylic acids is 2. The molecule has 0 aromatic carbocycles. The SMILES string of the molecule is Cc1cc(C(C)N2Cc3c(ccnc3NC(=O)Cc3cocn3)C2=O)nnc1OCC(F)(F)F. The molecule has 178 valence electrons. The summed E-state index contributed by atoms with van der Waals surface area (Å²) in [6.45, 7) is 1.94. The summed E-state index contributed by atoms with van der Waals surface area (Å²) >= 11 is 0. The molecule has 1 aliphatic rings. The highest BCUT2D eigenvalue weighted by Gasteiger charge is 2.35. The van der Waals surface area contributed by atoms with E-state index in [2.05, 4.69) is 30.2 Å². The predicted molar refractivity (Wildman–Crippen MR) is 110 cm³/mol. The largest absolute Gasteiger partial charge is 0.467 e. The van der Waals surface area contributed by atoms with Gasteiger partial charge in [-0.05, 0) is 26.0 Å². The third-order valence-electron chi connectivity index (χ3n) is 5.18. The maximum absolute atomic E-state index is 13.0. The molecule has 4 heterocycles. The normalized spacial score (nSPS) is 14.1. The fourth-order valence-corrected chi connectivity index (χ4v) is 3.49. The molecular weight excluding hydrogens is 457 g/mol. The first-order valence-electron chi connectivity index (χ1n) is 10.1. The van der Waals surface area contributed by atoms with Crippen molar-refractivity contribution in [2.75, 3.05) is 11.9 Å². The van der Waals surface area contributed by atoms with E-state index in [-0.39, 0.29) is 36.5 Å². The van der Waals surface area contributed by atoms with Gasteiger partial charge in [-0.1, -0.05) is 0 Å². The summed E-state index contributed by atoms with van der Waals surface area (Å²) < 4.78 is 46.8. The van der Waals surface area contributed by atoms with Gasteiger partial charge >= 0.3 is 6.18 Å². The minimum atomic E-state index is -4.50. The van der Waals surface area contributed by atoms with Crippen LogP contribution in [0, 0.1) is 6.92 Å². The lowest BCUT2D eigenvalue weighted by Gasteiger charge is -2.24. The molecular formula is C21H19F3N6O4. The van der Waals surface area contributed by atoms with Crippen molar-refractivity contribution in [1.82, 2.24) is 25.1 Å². The molecule has 4 rings (SSSR count). The number of alkyl halides is 3. The number of nitrogens with zero attached hydrogens (tertiary/aromatic N) is 5. The number of aryl methyl sites for hydroxylation is 1. The molecule has 0 saturated heterocycles. The first-order chi connectivity index (χ1) is 16.1. The van der Waals surface area contributed by atoms with Gasteiger partial charge in [0.05, 0.1) is 30.4 Å². The number of anilines is 1. The highest BCUT2D eigenvalue weighted by Crippen LogP contribution is 2.34. The van der Waals surface area contributed by atoms with E-state index in [0.29, 0.717) is 28.1 Å². The molecule has 0 aliphatic carbocycles. The molecule has 3 aromatic heterocycles. The summed E-state index contributed by atoms with van der Waals surface area (Å²) in [6, 6.07) is 2.53. The highest BCUT2D eigenvalue weighted by molar-refractivity contribution is 6.01. The van der Waals surface area contributed by atoms with Crippen molar-refractivity contribution >= 4 is 17.6 Å². The van der Waals surface area contributed by atoms with Gasteiger partial charge < -0.3 is 19.4 Å². The second-order valence-electron chi connectivity index (χ2n) is 7.66. The maximum atomic E-state index is 13.0. The molecule has 13 heteroatoms. The standard InChI is InChI=1S/C21H19F3N6O4/c1-11-5-16(28-29-19(11)34-9-21(22,23)24)12(2)30-7-15-14(20(30)32)3-4-25-18(15)27-17(31)6-13-8-33-10-26-13/h3-5,8,10,12H,6-7,9H2,1-2H3,(H,25,27,31). The topological polar surface area (TPSA) is 123 Å². The summed E-state index contributed by atoms with van der Waals surface area (Å²) in [7, 11) is 0. The van der Waals surface area contributed by atoms with Crippen LogP contribution in [0.3, 0.4) is 0 Å². The van der Waals surface area contributed by atoms with Gasteiger partial charge in [-0.2, -0.15) is 13.2 Å². The molecule has 0 spiro atoms. The van der Waals surface area contributed by atoms with Crippen LogP contribution in [0.1, 0.15) is 45.8 Å². The summed E-state index contributed by atoms with van der Waals surface area (Å²) in [5, 5.41) is 10.4. The Morgan fingerprint density at radius 1 is 1.32 bits per heavy atom. The van der Waals surface area contributed by atoms with E-state index in [1.165, 1.54) is 29.8 Å². The van der Waals surface area contributed by atoms with E-state index in [0.717, 1.165) is 0 Å². The first-order valence-corrected chi connectivity index (χ1v) is 10.1. The van der Waals surface area contributed by atoms with Crippen LogP contribution in [0.2, 0.25) is 0 Å². The van der Waals surface area contributed by atoms with Crippen LogP contribution in [0.25, 0.3) is 0 Å².